The van der Waals surface area contributed by atoms with Crippen molar-refractivity contribution in [1.82, 2.24) is 0 Å². The topological polar surface area (TPSA) is 35.2 Å². The van der Waals surface area contributed by atoms with Gasteiger partial charge < -0.3 is 10.5 Å². The van der Waals surface area contributed by atoms with Gasteiger partial charge in [0.2, 0.25) is 0 Å². The molecule has 2 aromatic rings. The lowest BCUT2D eigenvalue weighted by Gasteiger charge is -2.14. The van der Waals surface area contributed by atoms with Gasteiger partial charge in [-0.25, -0.2) is 4.39 Å². The predicted molar refractivity (Wildman–Crippen MR) is 89.9 cm³/mol. The highest BCUT2D eigenvalue weighted by atomic mass is 32.2. The summed E-state index contributed by atoms with van der Waals surface area (Å²) in [5, 5.41) is 0. The van der Waals surface area contributed by atoms with E-state index < -0.39 is 0 Å². The number of aryl methyl sites for hydroxylation is 1. The standard InChI is InChI=1S/C16H16FNOS2/c1-3-21-13-9-5-7-11(14(13)16(18)20)19-12-8-4-6-10(2)15(12)17/h4-9H,3H2,1-2H3,(H2,18,20). The van der Waals surface area contributed by atoms with Crippen LogP contribution in [0.4, 0.5) is 4.39 Å². The van der Waals surface area contributed by atoms with Crippen molar-refractivity contribution in [1.29, 1.82) is 0 Å². The van der Waals surface area contributed by atoms with E-state index >= 15 is 0 Å². The Kier molecular flexibility index (Phi) is 5.20. The second-order valence-electron chi connectivity index (χ2n) is 4.42. The van der Waals surface area contributed by atoms with Crippen LogP contribution in [0.25, 0.3) is 0 Å². The first-order valence-corrected chi connectivity index (χ1v) is 7.92. The van der Waals surface area contributed by atoms with Crippen molar-refractivity contribution in [2.24, 2.45) is 5.73 Å². The van der Waals surface area contributed by atoms with Gasteiger partial charge in [-0.05, 0) is 36.4 Å². The summed E-state index contributed by atoms with van der Waals surface area (Å²) < 4.78 is 19.8. The van der Waals surface area contributed by atoms with E-state index in [-0.39, 0.29) is 16.6 Å². The van der Waals surface area contributed by atoms with Gasteiger partial charge in [-0.15, -0.1) is 11.8 Å². The minimum atomic E-state index is -0.375. The molecule has 5 heteroatoms. The normalized spacial score (nSPS) is 10.4. The van der Waals surface area contributed by atoms with Crippen molar-refractivity contribution < 1.29 is 9.13 Å². The number of hydrogen-bond acceptors (Lipinski definition) is 3. The molecular formula is C16H16FNOS2. The molecule has 0 aliphatic heterocycles. The molecule has 0 aliphatic rings. The average Bonchev–Trinajstić information content (AvgIpc) is 2.44. The van der Waals surface area contributed by atoms with Crippen LogP contribution in [0.5, 0.6) is 11.5 Å². The Labute approximate surface area is 133 Å². The highest BCUT2D eigenvalue weighted by Crippen LogP contribution is 2.34. The summed E-state index contributed by atoms with van der Waals surface area (Å²) in [5.74, 6) is 1.16. The van der Waals surface area contributed by atoms with Gasteiger partial charge in [-0.1, -0.05) is 37.3 Å². The molecule has 2 N–H and O–H groups in total. The van der Waals surface area contributed by atoms with Crippen LogP contribution < -0.4 is 10.5 Å². The van der Waals surface area contributed by atoms with E-state index in [4.69, 9.17) is 22.7 Å². The van der Waals surface area contributed by atoms with Crippen molar-refractivity contribution in [2.75, 3.05) is 5.75 Å². The second kappa shape index (κ2) is 6.91. The van der Waals surface area contributed by atoms with Gasteiger partial charge in [0.05, 0.1) is 5.56 Å². The number of rotatable bonds is 5. The molecule has 21 heavy (non-hydrogen) atoms. The molecule has 0 atom stereocenters. The van der Waals surface area contributed by atoms with Gasteiger partial charge in [0.15, 0.2) is 11.6 Å². The van der Waals surface area contributed by atoms with Gasteiger partial charge in [-0.2, -0.15) is 0 Å². The Balaban J connectivity index is 2.46. The van der Waals surface area contributed by atoms with Crippen LogP contribution in [0, 0.1) is 12.7 Å². The van der Waals surface area contributed by atoms with Crippen LogP contribution in [0.3, 0.4) is 0 Å². The third-order valence-electron chi connectivity index (χ3n) is 2.91. The summed E-state index contributed by atoms with van der Waals surface area (Å²) in [7, 11) is 0. The first kappa shape index (κ1) is 15.8. The van der Waals surface area contributed by atoms with Gasteiger partial charge in [0.1, 0.15) is 10.7 Å². The molecule has 0 fully saturated rings. The number of thioether (sulfide) groups is 1. The molecule has 0 radical (unpaired) electrons. The number of ether oxygens (including phenoxy) is 1. The third kappa shape index (κ3) is 3.54. The van der Waals surface area contributed by atoms with E-state index in [0.717, 1.165) is 10.6 Å². The first-order chi connectivity index (χ1) is 10.0. The highest BCUT2D eigenvalue weighted by Gasteiger charge is 2.15. The molecular weight excluding hydrogens is 305 g/mol. The summed E-state index contributed by atoms with van der Waals surface area (Å²) >= 11 is 6.74. The molecule has 0 spiro atoms. The molecule has 0 unspecified atom stereocenters. The Hall–Kier alpha value is -1.59. The van der Waals surface area contributed by atoms with Crippen LogP contribution >= 0.6 is 24.0 Å². The van der Waals surface area contributed by atoms with Crippen LogP contribution in [-0.2, 0) is 0 Å². The van der Waals surface area contributed by atoms with E-state index in [9.17, 15) is 4.39 Å². The molecule has 2 rings (SSSR count). The molecule has 0 aromatic heterocycles. The van der Waals surface area contributed by atoms with Crippen molar-refractivity contribution >= 4 is 29.0 Å². The molecule has 0 amide bonds. The highest BCUT2D eigenvalue weighted by molar-refractivity contribution is 7.99. The average molecular weight is 321 g/mol. The molecule has 2 aromatic carbocycles. The lowest BCUT2D eigenvalue weighted by molar-refractivity contribution is 0.438. The number of halogens is 1. The summed E-state index contributed by atoms with van der Waals surface area (Å²) in [5.41, 5.74) is 7.00. The Morgan fingerprint density at radius 1 is 1.24 bits per heavy atom. The smallest absolute Gasteiger partial charge is 0.168 e. The van der Waals surface area contributed by atoms with Crippen LogP contribution in [-0.4, -0.2) is 10.7 Å². The SMILES string of the molecule is CCSc1cccc(Oc2cccc(C)c2F)c1C(N)=S. The van der Waals surface area contributed by atoms with Crippen molar-refractivity contribution in [3.63, 3.8) is 0 Å². The molecule has 0 heterocycles. The molecule has 0 bridgehead atoms. The van der Waals surface area contributed by atoms with Crippen LogP contribution in [0.1, 0.15) is 18.1 Å². The quantitative estimate of drug-likeness (QED) is 0.641. The van der Waals surface area contributed by atoms with E-state index in [1.165, 1.54) is 0 Å². The van der Waals surface area contributed by atoms with E-state index in [0.29, 0.717) is 16.9 Å². The Morgan fingerprint density at radius 2 is 1.90 bits per heavy atom. The van der Waals surface area contributed by atoms with Gasteiger partial charge in [0, 0.05) is 4.90 Å². The zero-order chi connectivity index (χ0) is 15.4. The second-order valence-corrected chi connectivity index (χ2v) is 6.16. The van der Waals surface area contributed by atoms with E-state index in [2.05, 4.69) is 0 Å². The van der Waals surface area contributed by atoms with Crippen LogP contribution in [0.15, 0.2) is 41.3 Å². The largest absolute Gasteiger partial charge is 0.453 e. The summed E-state index contributed by atoms with van der Waals surface area (Å²) in [6.07, 6.45) is 0. The molecule has 0 aliphatic carbocycles. The maximum atomic E-state index is 14.1. The van der Waals surface area contributed by atoms with Crippen molar-refractivity contribution in [2.45, 2.75) is 18.7 Å². The first-order valence-electron chi connectivity index (χ1n) is 6.53. The fraction of sp³-hybridized carbons (Fsp3) is 0.188. The Morgan fingerprint density at radius 3 is 2.57 bits per heavy atom. The van der Waals surface area contributed by atoms with E-state index in [1.807, 2.05) is 19.1 Å². The number of benzene rings is 2. The van der Waals surface area contributed by atoms with Crippen LogP contribution in [0.2, 0.25) is 0 Å². The van der Waals surface area contributed by atoms with Gasteiger partial charge in [0.25, 0.3) is 0 Å². The fourth-order valence-corrected chi connectivity index (χ4v) is 3.05. The minimum absolute atomic E-state index is 0.172. The molecule has 2 nitrogen and oxygen atoms in total. The van der Waals surface area contributed by atoms with E-state index in [1.54, 1.807) is 43.0 Å². The minimum Gasteiger partial charge on any atom is -0.453 e. The van der Waals surface area contributed by atoms with Crippen molar-refractivity contribution in [3.8, 4) is 11.5 Å². The summed E-state index contributed by atoms with van der Waals surface area (Å²) in [6, 6.07) is 10.6. The summed E-state index contributed by atoms with van der Waals surface area (Å²) in [4.78, 5) is 1.19. The van der Waals surface area contributed by atoms with Gasteiger partial charge in [-0.3, -0.25) is 0 Å². The third-order valence-corrected chi connectivity index (χ3v) is 4.05. The number of hydrogen-bond donors (Lipinski definition) is 1. The lowest BCUT2D eigenvalue weighted by Crippen LogP contribution is -2.12. The fourth-order valence-electron chi connectivity index (χ4n) is 1.93. The zero-order valence-electron chi connectivity index (χ0n) is 11.9. The lowest BCUT2D eigenvalue weighted by atomic mass is 10.2. The molecule has 110 valence electrons. The maximum absolute atomic E-state index is 14.1. The Bertz CT molecular complexity index is 673. The molecule has 0 saturated carbocycles. The van der Waals surface area contributed by atoms with Gasteiger partial charge >= 0.3 is 0 Å². The maximum Gasteiger partial charge on any atom is 0.168 e. The number of nitrogens with two attached hydrogens (primary N) is 1. The number of thiocarbonyl (C=S) groups is 1. The monoisotopic (exact) mass is 321 g/mol. The zero-order valence-corrected chi connectivity index (χ0v) is 13.5. The molecule has 0 saturated heterocycles. The summed E-state index contributed by atoms with van der Waals surface area (Å²) in [6.45, 7) is 3.74. The predicted octanol–water partition coefficient (Wildman–Crippen LogP) is 4.67. The van der Waals surface area contributed by atoms with Crippen molar-refractivity contribution in [3.05, 3.63) is 53.3 Å².